The molecule has 0 unspecified atom stereocenters. The minimum atomic E-state index is -0.413. The van der Waals surface area contributed by atoms with E-state index in [2.05, 4.69) is 10.5 Å². The van der Waals surface area contributed by atoms with Crippen LogP contribution >= 0.6 is 23.2 Å². The Hall–Kier alpha value is -1.58. The Morgan fingerprint density at radius 2 is 1.78 bits per heavy atom. The largest absolute Gasteiger partial charge is 0.279 e. The fraction of sp³-hybridized carbons (Fsp3) is 0. The number of rotatable bonds is 3. The number of nitrogens with one attached hydrogen (secondary N) is 1. The second-order valence-corrected chi connectivity index (χ2v) is 4.36. The highest BCUT2D eigenvalue weighted by Crippen LogP contribution is 2.17. The quantitative estimate of drug-likeness (QED) is 0.647. The Kier molecular flexibility index (Phi) is 4.18. The van der Waals surface area contributed by atoms with Crippen molar-refractivity contribution in [3.05, 3.63) is 63.9 Å². The normalized spacial score (nSPS) is 10.8. The van der Waals surface area contributed by atoms with Crippen LogP contribution in [0.4, 0.5) is 10.1 Å². The van der Waals surface area contributed by atoms with Crippen LogP contribution in [0, 0.1) is 5.82 Å². The Morgan fingerprint density at radius 1 is 1.06 bits per heavy atom. The maximum absolute atomic E-state index is 13.4. The highest BCUT2D eigenvalue weighted by atomic mass is 35.5. The Morgan fingerprint density at radius 3 is 2.44 bits per heavy atom. The third-order valence-electron chi connectivity index (χ3n) is 2.23. The summed E-state index contributed by atoms with van der Waals surface area (Å²) in [5.41, 5.74) is 3.76. The first-order valence-corrected chi connectivity index (χ1v) is 5.91. The smallest absolute Gasteiger partial charge is 0.133 e. The highest BCUT2D eigenvalue weighted by Gasteiger charge is 2.03. The highest BCUT2D eigenvalue weighted by molar-refractivity contribution is 6.33. The minimum Gasteiger partial charge on any atom is -0.279 e. The van der Waals surface area contributed by atoms with Crippen LogP contribution in [-0.2, 0) is 0 Å². The van der Waals surface area contributed by atoms with E-state index in [4.69, 9.17) is 23.2 Å². The molecule has 0 bridgehead atoms. The van der Waals surface area contributed by atoms with Gasteiger partial charge in [-0.25, -0.2) is 4.39 Å². The summed E-state index contributed by atoms with van der Waals surface area (Å²) >= 11 is 11.6. The number of halogens is 3. The predicted octanol–water partition coefficient (Wildman–Crippen LogP) is 4.58. The molecule has 0 spiro atoms. The zero-order valence-corrected chi connectivity index (χ0v) is 10.7. The summed E-state index contributed by atoms with van der Waals surface area (Å²) in [4.78, 5) is 0. The average molecular weight is 283 g/mol. The van der Waals surface area contributed by atoms with Crippen LogP contribution < -0.4 is 5.43 Å². The lowest BCUT2D eigenvalue weighted by atomic mass is 10.2. The Bertz CT molecular complexity index is 547. The van der Waals surface area contributed by atoms with Crippen molar-refractivity contribution in [3.63, 3.8) is 0 Å². The molecule has 0 aromatic heterocycles. The van der Waals surface area contributed by atoms with Crippen LogP contribution in [0.1, 0.15) is 5.56 Å². The fourth-order valence-corrected chi connectivity index (χ4v) is 1.67. The summed E-state index contributed by atoms with van der Waals surface area (Å²) in [5.74, 6) is -0.413. The number of hydrogen-bond acceptors (Lipinski definition) is 2. The molecule has 0 amide bonds. The van der Waals surface area contributed by atoms with Gasteiger partial charge in [-0.3, -0.25) is 5.43 Å². The first-order chi connectivity index (χ1) is 8.66. The summed E-state index contributed by atoms with van der Waals surface area (Å²) in [6, 6.07) is 11.5. The van der Waals surface area contributed by atoms with Crippen molar-refractivity contribution in [2.45, 2.75) is 0 Å². The lowest BCUT2D eigenvalue weighted by molar-refractivity contribution is 0.626. The molecule has 5 heteroatoms. The molecular formula is C13H9Cl2FN2. The van der Waals surface area contributed by atoms with Gasteiger partial charge in [0.25, 0.3) is 0 Å². The van der Waals surface area contributed by atoms with Gasteiger partial charge in [0, 0.05) is 10.6 Å². The van der Waals surface area contributed by atoms with Crippen LogP contribution in [-0.4, -0.2) is 6.21 Å². The average Bonchev–Trinajstić information content (AvgIpc) is 2.35. The van der Waals surface area contributed by atoms with Crippen LogP contribution in [0.5, 0.6) is 0 Å². The zero-order chi connectivity index (χ0) is 13.0. The molecule has 2 aromatic rings. The number of nitrogens with zero attached hydrogens (tertiary/aromatic N) is 1. The standard InChI is InChI=1S/C13H9Cl2FN2/c14-9-4-6-10(7-5-9)18-17-8-11-12(15)2-1-3-13(11)16/h1-8,18H/b17-8+. The van der Waals surface area contributed by atoms with E-state index in [1.54, 1.807) is 36.4 Å². The molecule has 0 aliphatic heterocycles. The summed E-state index contributed by atoms with van der Waals surface area (Å²) in [5, 5.41) is 4.88. The SMILES string of the molecule is Fc1cccc(Cl)c1/C=N/Nc1ccc(Cl)cc1. The van der Waals surface area contributed by atoms with Gasteiger partial charge in [-0.05, 0) is 36.4 Å². The molecule has 18 heavy (non-hydrogen) atoms. The molecule has 2 nitrogen and oxygen atoms in total. The second-order valence-electron chi connectivity index (χ2n) is 3.51. The summed E-state index contributed by atoms with van der Waals surface area (Å²) in [6.07, 6.45) is 1.34. The van der Waals surface area contributed by atoms with E-state index in [1.807, 2.05) is 0 Å². The van der Waals surface area contributed by atoms with Crippen molar-refractivity contribution in [2.24, 2.45) is 5.10 Å². The van der Waals surface area contributed by atoms with Crippen molar-refractivity contribution in [3.8, 4) is 0 Å². The molecule has 0 aliphatic carbocycles. The molecule has 0 fully saturated rings. The second kappa shape index (κ2) is 5.85. The van der Waals surface area contributed by atoms with Crippen molar-refractivity contribution >= 4 is 35.1 Å². The van der Waals surface area contributed by atoms with Crippen molar-refractivity contribution in [1.82, 2.24) is 0 Å². The maximum atomic E-state index is 13.4. The van der Waals surface area contributed by atoms with E-state index in [9.17, 15) is 4.39 Å². The molecule has 0 radical (unpaired) electrons. The first kappa shape index (κ1) is 12.9. The van der Waals surface area contributed by atoms with Gasteiger partial charge in [0.15, 0.2) is 0 Å². The molecule has 0 atom stereocenters. The number of benzene rings is 2. The van der Waals surface area contributed by atoms with E-state index in [0.717, 1.165) is 5.69 Å². The van der Waals surface area contributed by atoms with E-state index in [-0.39, 0.29) is 5.56 Å². The third-order valence-corrected chi connectivity index (χ3v) is 2.81. The van der Waals surface area contributed by atoms with E-state index in [0.29, 0.717) is 10.0 Å². The van der Waals surface area contributed by atoms with Crippen molar-refractivity contribution in [2.75, 3.05) is 5.43 Å². The van der Waals surface area contributed by atoms with Crippen LogP contribution in [0.15, 0.2) is 47.6 Å². The van der Waals surface area contributed by atoms with E-state index < -0.39 is 5.82 Å². The Balaban J connectivity index is 2.10. The van der Waals surface area contributed by atoms with Crippen molar-refractivity contribution in [1.29, 1.82) is 0 Å². The monoisotopic (exact) mass is 282 g/mol. The summed E-state index contributed by atoms with van der Waals surface area (Å²) in [6.45, 7) is 0. The Labute approximate surface area is 114 Å². The zero-order valence-electron chi connectivity index (χ0n) is 9.20. The van der Waals surface area contributed by atoms with Gasteiger partial charge in [-0.2, -0.15) is 5.10 Å². The van der Waals surface area contributed by atoms with Gasteiger partial charge >= 0.3 is 0 Å². The van der Waals surface area contributed by atoms with Gasteiger partial charge in [-0.1, -0.05) is 29.3 Å². The van der Waals surface area contributed by atoms with Gasteiger partial charge in [0.05, 0.1) is 16.9 Å². The molecule has 2 rings (SSSR count). The molecule has 0 aliphatic rings. The minimum absolute atomic E-state index is 0.251. The fourth-order valence-electron chi connectivity index (χ4n) is 1.33. The summed E-state index contributed by atoms with van der Waals surface area (Å²) < 4.78 is 13.4. The first-order valence-electron chi connectivity index (χ1n) is 5.15. The molecule has 0 saturated carbocycles. The van der Waals surface area contributed by atoms with Gasteiger partial charge in [0.1, 0.15) is 5.82 Å². The molecular weight excluding hydrogens is 274 g/mol. The third kappa shape index (κ3) is 3.22. The molecule has 0 heterocycles. The van der Waals surface area contributed by atoms with E-state index in [1.165, 1.54) is 12.3 Å². The molecule has 0 saturated heterocycles. The van der Waals surface area contributed by atoms with Gasteiger partial charge in [0.2, 0.25) is 0 Å². The van der Waals surface area contributed by atoms with Crippen LogP contribution in [0.2, 0.25) is 10.0 Å². The molecule has 92 valence electrons. The molecule has 1 N–H and O–H groups in total. The number of anilines is 1. The predicted molar refractivity (Wildman–Crippen MR) is 74.1 cm³/mol. The lowest BCUT2D eigenvalue weighted by Crippen LogP contribution is -1.93. The van der Waals surface area contributed by atoms with Gasteiger partial charge < -0.3 is 0 Å². The van der Waals surface area contributed by atoms with Crippen LogP contribution in [0.3, 0.4) is 0 Å². The van der Waals surface area contributed by atoms with Crippen molar-refractivity contribution < 1.29 is 4.39 Å². The van der Waals surface area contributed by atoms with E-state index >= 15 is 0 Å². The topological polar surface area (TPSA) is 24.4 Å². The summed E-state index contributed by atoms with van der Waals surface area (Å²) in [7, 11) is 0. The lowest BCUT2D eigenvalue weighted by Gasteiger charge is -2.01. The van der Waals surface area contributed by atoms with Crippen LogP contribution in [0.25, 0.3) is 0 Å². The van der Waals surface area contributed by atoms with Gasteiger partial charge in [-0.15, -0.1) is 0 Å². The molecule has 2 aromatic carbocycles. The number of hydrazone groups is 1. The number of hydrogen-bond donors (Lipinski definition) is 1. The maximum Gasteiger partial charge on any atom is 0.133 e.